The molecule has 0 unspecified atom stereocenters. The van der Waals surface area contributed by atoms with E-state index in [1.54, 1.807) is 0 Å². The number of carbonyl (C=O) groups excluding carboxylic acids is 2. The van der Waals surface area contributed by atoms with E-state index in [4.69, 9.17) is 0 Å². The lowest BCUT2D eigenvalue weighted by Crippen LogP contribution is -2.45. The first-order valence-electron chi connectivity index (χ1n) is 7.38. The van der Waals surface area contributed by atoms with Gasteiger partial charge in [0, 0.05) is 18.6 Å². The minimum Gasteiger partial charge on any atom is -0.357 e. The van der Waals surface area contributed by atoms with Crippen LogP contribution in [0.2, 0.25) is 0 Å². The van der Waals surface area contributed by atoms with Crippen LogP contribution in [0.4, 0.5) is 0 Å². The SMILES string of the molecule is CCCNC(=O)CNC(=NCC(=O)NC(C)(C)C)NCC. The van der Waals surface area contributed by atoms with Crippen molar-refractivity contribution in [3.8, 4) is 0 Å². The topological polar surface area (TPSA) is 94.6 Å². The quantitative estimate of drug-likeness (QED) is 0.392. The maximum atomic E-state index is 11.7. The number of rotatable bonds is 7. The van der Waals surface area contributed by atoms with E-state index in [1.165, 1.54) is 0 Å². The van der Waals surface area contributed by atoms with Crippen molar-refractivity contribution in [1.82, 2.24) is 21.3 Å². The number of aliphatic imine (C=N–C) groups is 1. The Morgan fingerprint density at radius 3 is 2.19 bits per heavy atom. The maximum absolute atomic E-state index is 11.7. The molecule has 0 aliphatic heterocycles. The lowest BCUT2D eigenvalue weighted by Gasteiger charge is -2.20. The molecule has 0 heterocycles. The van der Waals surface area contributed by atoms with Crippen molar-refractivity contribution in [3.05, 3.63) is 0 Å². The second-order valence-electron chi connectivity index (χ2n) is 5.70. The van der Waals surface area contributed by atoms with Crippen molar-refractivity contribution >= 4 is 17.8 Å². The van der Waals surface area contributed by atoms with Crippen LogP contribution >= 0.6 is 0 Å². The van der Waals surface area contributed by atoms with Crippen LogP contribution in [0.25, 0.3) is 0 Å². The molecule has 0 aliphatic carbocycles. The molecule has 0 saturated heterocycles. The summed E-state index contributed by atoms with van der Waals surface area (Å²) in [5.74, 6) is 0.199. The molecule has 122 valence electrons. The van der Waals surface area contributed by atoms with Gasteiger partial charge < -0.3 is 21.3 Å². The lowest BCUT2D eigenvalue weighted by molar-refractivity contribution is -0.121. The van der Waals surface area contributed by atoms with Gasteiger partial charge in [0.25, 0.3) is 0 Å². The Balaban J connectivity index is 4.30. The van der Waals surface area contributed by atoms with Crippen molar-refractivity contribution in [1.29, 1.82) is 0 Å². The van der Waals surface area contributed by atoms with Crippen molar-refractivity contribution < 1.29 is 9.59 Å². The van der Waals surface area contributed by atoms with Gasteiger partial charge in [0.2, 0.25) is 11.8 Å². The van der Waals surface area contributed by atoms with Gasteiger partial charge in [0.05, 0.1) is 6.54 Å². The minimum atomic E-state index is -0.279. The standard InChI is InChI=1S/C14H29N5O2/c1-6-8-16-11(20)9-17-13(15-7-2)18-10-12(21)19-14(3,4)5/h6-10H2,1-5H3,(H,16,20)(H,19,21)(H2,15,17,18). The van der Waals surface area contributed by atoms with Crippen LogP contribution in [-0.4, -0.2) is 49.5 Å². The fourth-order valence-corrected chi connectivity index (χ4v) is 1.44. The van der Waals surface area contributed by atoms with Gasteiger partial charge in [-0.1, -0.05) is 6.92 Å². The Morgan fingerprint density at radius 2 is 1.67 bits per heavy atom. The van der Waals surface area contributed by atoms with E-state index in [0.29, 0.717) is 19.0 Å². The highest BCUT2D eigenvalue weighted by Crippen LogP contribution is 1.97. The Hall–Kier alpha value is -1.79. The fraction of sp³-hybridized carbons (Fsp3) is 0.786. The van der Waals surface area contributed by atoms with E-state index in [1.807, 2.05) is 34.6 Å². The van der Waals surface area contributed by atoms with Crippen LogP contribution in [0.15, 0.2) is 4.99 Å². The van der Waals surface area contributed by atoms with Crippen LogP contribution in [0, 0.1) is 0 Å². The number of amides is 2. The first-order valence-corrected chi connectivity index (χ1v) is 7.38. The smallest absolute Gasteiger partial charge is 0.242 e. The molecule has 0 saturated carbocycles. The lowest BCUT2D eigenvalue weighted by atomic mass is 10.1. The summed E-state index contributed by atoms with van der Waals surface area (Å²) in [6.07, 6.45) is 0.896. The minimum absolute atomic E-state index is 0.0170. The van der Waals surface area contributed by atoms with E-state index < -0.39 is 0 Å². The molecule has 2 amide bonds. The molecule has 7 nitrogen and oxygen atoms in total. The average Bonchev–Trinajstić information content (AvgIpc) is 2.37. The molecular weight excluding hydrogens is 270 g/mol. The number of nitrogens with one attached hydrogen (secondary N) is 4. The first kappa shape index (κ1) is 19.2. The van der Waals surface area contributed by atoms with Gasteiger partial charge in [-0.3, -0.25) is 9.59 Å². The Bertz CT molecular complexity index is 361. The average molecular weight is 299 g/mol. The summed E-state index contributed by atoms with van der Waals surface area (Å²) in [4.78, 5) is 27.3. The molecular formula is C14H29N5O2. The molecule has 0 aromatic rings. The number of hydrogen-bond acceptors (Lipinski definition) is 3. The van der Waals surface area contributed by atoms with Crippen LogP contribution in [0.5, 0.6) is 0 Å². The highest BCUT2D eigenvalue weighted by molar-refractivity contribution is 5.88. The zero-order valence-electron chi connectivity index (χ0n) is 13.8. The van der Waals surface area contributed by atoms with Crippen molar-refractivity contribution in [2.24, 2.45) is 4.99 Å². The second kappa shape index (κ2) is 10.0. The monoisotopic (exact) mass is 299 g/mol. The summed E-state index contributed by atoms with van der Waals surface area (Å²) in [6, 6.07) is 0. The molecule has 0 aromatic heterocycles. The van der Waals surface area contributed by atoms with Gasteiger partial charge in [0.1, 0.15) is 6.54 Å². The third-order valence-corrected chi connectivity index (χ3v) is 2.23. The normalized spacial score (nSPS) is 11.8. The van der Waals surface area contributed by atoms with Gasteiger partial charge in [-0.2, -0.15) is 0 Å². The summed E-state index contributed by atoms with van der Waals surface area (Å²) in [5.41, 5.74) is -0.279. The molecule has 21 heavy (non-hydrogen) atoms. The molecule has 4 N–H and O–H groups in total. The van der Waals surface area contributed by atoms with Crippen LogP contribution in [0.1, 0.15) is 41.0 Å². The first-order chi connectivity index (χ1) is 9.78. The predicted octanol–water partition coefficient (Wildman–Crippen LogP) is -0.0176. The highest BCUT2D eigenvalue weighted by Gasteiger charge is 2.13. The molecule has 0 bridgehead atoms. The van der Waals surface area contributed by atoms with Gasteiger partial charge in [-0.05, 0) is 34.1 Å². The van der Waals surface area contributed by atoms with Crippen LogP contribution in [0.3, 0.4) is 0 Å². The summed E-state index contributed by atoms with van der Waals surface area (Å²) >= 11 is 0. The largest absolute Gasteiger partial charge is 0.357 e. The van der Waals surface area contributed by atoms with Crippen LogP contribution in [-0.2, 0) is 9.59 Å². The third-order valence-electron chi connectivity index (χ3n) is 2.23. The number of nitrogens with zero attached hydrogens (tertiary/aromatic N) is 1. The summed E-state index contributed by atoms with van der Waals surface area (Å²) < 4.78 is 0. The van der Waals surface area contributed by atoms with Gasteiger partial charge >= 0.3 is 0 Å². The molecule has 0 aromatic carbocycles. The zero-order chi connectivity index (χ0) is 16.3. The van der Waals surface area contributed by atoms with Gasteiger partial charge in [-0.25, -0.2) is 4.99 Å². The number of carbonyl (C=O) groups is 2. The second-order valence-corrected chi connectivity index (χ2v) is 5.70. The molecule has 0 rings (SSSR count). The van der Waals surface area contributed by atoms with Crippen LogP contribution < -0.4 is 21.3 Å². The highest BCUT2D eigenvalue weighted by atomic mass is 16.2. The van der Waals surface area contributed by atoms with E-state index in [9.17, 15) is 9.59 Å². The summed E-state index contributed by atoms with van der Waals surface area (Å²) in [6.45, 7) is 11.1. The Kier molecular flexibility index (Phi) is 9.16. The Labute approximate surface area is 127 Å². The molecule has 0 radical (unpaired) electrons. The van der Waals surface area contributed by atoms with E-state index in [2.05, 4.69) is 26.3 Å². The third kappa shape index (κ3) is 11.7. The fourth-order valence-electron chi connectivity index (χ4n) is 1.44. The van der Waals surface area contributed by atoms with Crippen molar-refractivity contribution in [2.45, 2.75) is 46.6 Å². The maximum Gasteiger partial charge on any atom is 0.242 e. The van der Waals surface area contributed by atoms with Crippen molar-refractivity contribution in [3.63, 3.8) is 0 Å². The number of hydrogen-bond donors (Lipinski definition) is 4. The van der Waals surface area contributed by atoms with Gasteiger partial charge in [-0.15, -0.1) is 0 Å². The van der Waals surface area contributed by atoms with E-state index >= 15 is 0 Å². The summed E-state index contributed by atoms with van der Waals surface area (Å²) in [5, 5.41) is 11.5. The molecule has 0 fully saturated rings. The molecule has 0 spiro atoms. The molecule has 0 atom stereocenters. The van der Waals surface area contributed by atoms with E-state index in [-0.39, 0.29) is 30.4 Å². The van der Waals surface area contributed by atoms with Gasteiger partial charge in [0.15, 0.2) is 5.96 Å². The van der Waals surface area contributed by atoms with Crippen molar-refractivity contribution in [2.75, 3.05) is 26.2 Å². The Morgan fingerprint density at radius 1 is 1.00 bits per heavy atom. The molecule has 0 aliphatic rings. The number of guanidine groups is 1. The summed E-state index contributed by atoms with van der Waals surface area (Å²) in [7, 11) is 0. The predicted molar refractivity (Wildman–Crippen MR) is 85.2 cm³/mol. The zero-order valence-corrected chi connectivity index (χ0v) is 13.8. The van der Waals surface area contributed by atoms with E-state index in [0.717, 1.165) is 6.42 Å². The molecule has 7 heteroatoms.